The molecule has 0 aliphatic carbocycles. The molecule has 1 aromatic heterocycles. The number of nitrogens with zero attached hydrogens (tertiary/aromatic N) is 2. The van der Waals surface area contributed by atoms with Crippen molar-refractivity contribution >= 4 is 17.7 Å². The van der Waals surface area contributed by atoms with E-state index in [1.54, 1.807) is 12.1 Å². The summed E-state index contributed by atoms with van der Waals surface area (Å²) in [5, 5.41) is 11.1. The number of anilines is 1. The molecule has 2 amide bonds. The zero-order chi connectivity index (χ0) is 14.3. The summed E-state index contributed by atoms with van der Waals surface area (Å²) in [5.74, 6) is -0.456. The molecule has 0 fully saturated rings. The van der Waals surface area contributed by atoms with Crippen LogP contribution in [0.25, 0.3) is 0 Å². The van der Waals surface area contributed by atoms with E-state index in [-0.39, 0.29) is 19.0 Å². The van der Waals surface area contributed by atoms with Crippen molar-refractivity contribution in [3.8, 4) is 5.88 Å². The predicted octanol–water partition coefficient (Wildman–Crippen LogP) is 1.42. The number of carbonyl (C=O) groups is 2. The van der Waals surface area contributed by atoms with Gasteiger partial charge in [0.25, 0.3) is 0 Å². The summed E-state index contributed by atoms with van der Waals surface area (Å²) in [6, 6.07) is 2.93. The van der Waals surface area contributed by atoms with Crippen molar-refractivity contribution in [1.29, 1.82) is 0 Å². The number of rotatable bonds is 6. The number of ether oxygens (including phenoxy) is 1. The molecule has 0 aromatic carbocycles. The van der Waals surface area contributed by atoms with E-state index in [9.17, 15) is 9.59 Å². The molecule has 7 nitrogen and oxygen atoms in total. The van der Waals surface area contributed by atoms with Crippen molar-refractivity contribution in [2.75, 3.05) is 25.5 Å². The van der Waals surface area contributed by atoms with Gasteiger partial charge in [-0.05, 0) is 13.0 Å². The third-order valence-corrected chi connectivity index (χ3v) is 2.29. The van der Waals surface area contributed by atoms with Crippen molar-refractivity contribution in [2.45, 2.75) is 13.3 Å². The largest absolute Gasteiger partial charge is 0.481 e. The fraction of sp³-hybridized carbons (Fsp3) is 0.417. The number of pyridine rings is 1. The van der Waals surface area contributed by atoms with Crippen LogP contribution < -0.4 is 10.1 Å². The van der Waals surface area contributed by atoms with E-state index in [2.05, 4.69) is 10.3 Å². The fourth-order valence-corrected chi connectivity index (χ4v) is 1.27. The quantitative estimate of drug-likeness (QED) is 0.813. The summed E-state index contributed by atoms with van der Waals surface area (Å²) in [4.78, 5) is 27.4. The second-order valence-corrected chi connectivity index (χ2v) is 3.81. The SMILES string of the molecule is CCOc1ccc(NC(=O)N(C)CCC(=O)O)cn1. The van der Waals surface area contributed by atoms with Crippen LogP contribution >= 0.6 is 0 Å². The highest BCUT2D eigenvalue weighted by atomic mass is 16.5. The van der Waals surface area contributed by atoms with Gasteiger partial charge in [-0.3, -0.25) is 4.79 Å². The molecule has 0 radical (unpaired) electrons. The molecule has 0 atom stereocenters. The van der Waals surface area contributed by atoms with Crippen LogP contribution in [-0.2, 0) is 4.79 Å². The molecule has 0 saturated heterocycles. The van der Waals surface area contributed by atoms with Gasteiger partial charge < -0.3 is 20.1 Å². The molecular weight excluding hydrogens is 250 g/mol. The van der Waals surface area contributed by atoms with Crippen molar-refractivity contribution < 1.29 is 19.4 Å². The second kappa shape index (κ2) is 7.20. The van der Waals surface area contributed by atoms with Crippen LogP contribution in [0.5, 0.6) is 5.88 Å². The summed E-state index contributed by atoms with van der Waals surface area (Å²) in [7, 11) is 1.53. The molecule has 19 heavy (non-hydrogen) atoms. The summed E-state index contributed by atoms with van der Waals surface area (Å²) in [6.45, 7) is 2.52. The highest BCUT2D eigenvalue weighted by Gasteiger charge is 2.10. The van der Waals surface area contributed by atoms with Crippen LogP contribution in [0.3, 0.4) is 0 Å². The van der Waals surface area contributed by atoms with Crippen LogP contribution in [0.4, 0.5) is 10.5 Å². The zero-order valence-corrected chi connectivity index (χ0v) is 10.9. The van der Waals surface area contributed by atoms with Gasteiger partial charge in [-0.25, -0.2) is 9.78 Å². The van der Waals surface area contributed by atoms with Crippen molar-refractivity contribution in [3.05, 3.63) is 18.3 Å². The first kappa shape index (κ1) is 14.7. The van der Waals surface area contributed by atoms with Gasteiger partial charge in [0.15, 0.2) is 0 Å². The maximum absolute atomic E-state index is 11.7. The number of aromatic nitrogens is 1. The monoisotopic (exact) mass is 267 g/mol. The minimum atomic E-state index is -0.942. The van der Waals surface area contributed by atoms with Gasteiger partial charge in [0.2, 0.25) is 5.88 Å². The first-order valence-electron chi connectivity index (χ1n) is 5.85. The smallest absolute Gasteiger partial charge is 0.321 e. The van der Waals surface area contributed by atoms with E-state index in [0.29, 0.717) is 18.2 Å². The lowest BCUT2D eigenvalue weighted by Gasteiger charge is -2.16. The average molecular weight is 267 g/mol. The lowest BCUT2D eigenvalue weighted by atomic mass is 10.4. The molecule has 7 heteroatoms. The summed E-state index contributed by atoms with van der Waals surface area (Å²) < 4.78 is 5.18. The molecule has 0 spiro atoms. The fourth-order valence-electron chi connectivity index (χ4n) is 1.27. The van der Waals surface area contributed by atoms with Crippen LogP contribution in [0.2, 0.25) is 0 Å². The molecule has 0 unspecified atom stereocenters. The Bertz CT molecular complexity index is 433. The van der Waals surface area contributed by atoms with Gasteiger partial charge in [-0.1, -0.05) is 0 Å². The maximum atomic E-state index is 11.7. The Kier molecular flexibility index (Phi) is 5.59. The van der Waals surface area contributed by atoms with Crippen LogP contribution in [0.1, 0.15) is 13.3 Å². The van der Waals surface area contributed by atoms with Crippen LogP contribution in [0, 0.1) is 0 Å². The van der Waals surface area contributed by atoms with E-state index >= 15 is 0 Å². The van der Waals surface area contributed by atoms with Crippen molar-refractivity contribution in [3.63, 3.8) is 0 Å². The van der Waals surface area contributed by atoms with Crippen LogP contribution in [0.15, 0.2) is 18.3 Å². The van der Waals surface area contributed by atoms with Gasteiger partial charge >= 0.3 is 12.0 Å². The Balaban J connectivity index is 2.49. The molecule has 1 rings (SSSR count). The Morgan fingerprint density at radius 3 is 2.74 bits per heavy atom. The van der Waals surface area contributed by atoms with Gasteiger partial charge in [-0.15, -0.1) is 0 Å². The minimum Gasteiger partial charge on any atom is -0.481 e. The lowest BCUT2D eigenvalue weighted by Crippen LogP contribution is -2.33. The number of carboxylic acids is 1. The van der Waals surface area contributed by atoms with Gasteiger partial charge in [-0.2, -0.15) is 0 Å². The Labute approximate surface area is 111 Å². The van der Waals surface area contributed by atoms with E-state index in [4.69, 9.17) is 9.84 Å². The molecule has 2 N–H and O–H groups in total. The van der Waals surface area contributed by atoms with E-state index < -0.39 is 5.97 Å². The molecule has 0 saturated carbocycles. The summed E-state index contributed by atoms with van der Waals surface area (Å²) in [6.07, 6.45) is 1.39. The maximum Gasteiger partial charge on any atom is 0.321 e. The third-order valence-electron chi connectivity index (χ3n) is 2.29. The average Bonchev–Trinajstić information content (AvgIpc) is 2.38. The zero-order valence-electron chi connectivity index (χ0n) is 10.9. The first-order valence-corrected chi connectivity index (χ1v) is 5.85. The molecule has 0 aliphatic rings. The number of carboxylic acid groups (broad SMARTS) is 1. The Hall–Kier alpha value is -2.31. The number of nitrogens with one attached hydrogen (secondary N) is 1. The summed E-state index contributed by atoms with van der Waals surface area (Å²) in [5.41, 5.74) is 0.524. The lowest BCUT2D eigenvalue weighted by molar-refractivity contribution is -0.137. The van der Waals surface area contributed by atoms with Crippen molar-refractivity contribution in [2.24, 2.45) is 0 Å². The Morgan fingerprint density at radius 2 is 2.21 bits per heavy atom. The molecule has 0 bridgehead atoms. The Morgan fingerprint density at radius 1 is 1.47 bits per heavy atom. The van der Waals surface area contributed by atoms with Crippen molar-refractivity contribution in [1.82, 2.24) is 9.88 Å². The molecule has 104 valence electrons. The topological polar surface area (TPSA) is 91.8 Å². The van der Waals surface area contributed by atoms with Gasteiger partial charge in [0.05, 0.1) is 24.9 Å². The standard InChI is InChI=1S/C12H17N3O4/c1-3-19-10-5-4-9(8-13-10)14-12(18)15(2)7-6-11(16)17/h4-5,8H,3,6-7H2,1-2H3,(H,14,18)(H,16,17). The van der Waals surface area contributed by atoms with E-state index in [1.807, 2.05) is 6.92 Å². The number of amides is 2. The highest BCUT2D eigenvalue weighted by molar-refractivity contribution is 5.89. The second-order valence-electron chi connectivity index (χ2n) is 3.81. The molecule has 1 heterocycles. The molecule has 0 aliphatic heterocycles. The number of hydrogen-bond acceptors (Lipinski definition) is 4. The summed E-state index contributed by atoms with van der Waals surface area (Å²) >= 11 is 0. The first-order chi connectivity index (χ1) is 9.02. The van der Waals surface area contributed by atoms with E-state index in [1.165, 1.54) is 18.1 Å². The minimum absolute atomic E-state index is 0.0918. The predicted molar refractivity (Wildman–Crippen MR) is 69.3 cm³/mol. The highest BCUT2D eigenvalue weighted by Crippen LogP contribution is 2.11. The third kappa shape index (κ3) is 5.24. The van der Waals surface area contributed by atoms with Crippen LogP contribution in [-0.4, -0.2) is 47.2 Å². The van der Waals surface area contributed by atoms with Gasteiger partial charge in [0, 0.05) is 19.7 Å². The normalized spacial score (nSPS) is 9.79. The van der Waals surface area contributed by atoms with Gasteiger partial charge in [0.1, 0.15) is 0 Å². The number of urea groups is 1. The molecular formula is C12H17N3O4. The number of aliphatic carboxylic acids is 1. The van der Waals surface area contributed by atoms with E-state index in [0.717, 1.165) is 0 Å². The number of carbonyl (C=O) groups excluding carboxylic acids is 1. The number of hydrogen-bond donors (Lipinski definition) is 2. The molecule has 1 aromatic rings.